The molecule has 7 unspecified atom stereocenters. The number of aliphatic hydroxyl groups excluding tert-OH is 1. The molecular weight excluding hydrogens is 336 g/mol. The molecular formula is C24H40O3. The Hall–Kier alpha value is -0.570. The summed E-state index contributed by atoms with van der Waals surface area (Å²) >= 11 is 0. The van der Waals surface area contributed by atoms with Gasteiger partial charge in [0.25, 0.3) is 0 Å². The van der Waals surface area contributed by atoms with E-state index < -0.39 is 0 Å². The van der Waals surface area contributed by atoms with Gasteiger partial charge in [0.2, 0.25) is 0 Å². The lowest BCUT2D eigenvalue weighted by atomic mass is 9.44. The second-order valence-electron chi connectivity index (χ2n) is 10.9. The minimum Gasteiger partial charge on any atom is -0.462 e. The van der Waals surface area contributed by atoms with Crippen LogP contribution in [-0.4, -0.2) is 23.3 Å². The summed E-state index contributed by atoms with van der Waals surface area (Å²) in [5.74, 6) is 2.86. The summed E-state index contributed by atoms with van der Waals surface area (Å²) in [6, 6.07) is 0. The Bertz CT molecular complexity index is 574. The zero-order valence-corrected chi connectivity index (χ0v) is 17.9. The molecule has 4 rings (SSSR count). The van der Waals surface area contributed by atoms with Crippen LogP contribution in [0.1, 0.15) is 91.9 Å². The lowest BCUT2D eigenvalue weighted by molar-refractivity contribution is -0.175. The predicted octanol–water partition coefficient (Wildman–Crippen LogP) is 5.35. The minimum absolute atomic E-state index is 0.00500. The van der Waals surface area contributed by atoms with Crippen molar-refractivity contribution in [1.29, 1.82) is 0 Å². The van der Waals surface area contributed by atoms with E-state index in [0.717, 1.165) is 43.9 Å². The van der Waals surface area contributed by atoms with Gasteiger partial charge in [-0.2, -0.15) is 0 Å². The maximum Gasteiger partial charge on any atom is 0.308 e. The van der Waals surface area contributed by atoms with Crippen molar-refractivity contribution < 1.29 is 14.6 Å². The van der Waals surface area contributed by atoms with E-state index in [1.165, 1.54) is 32.1 Å². The second-order valence-corrected chi connectivity index (χ2v) is 10.9. The number of fused-ring (bicyclic) bond motifs is 5. The van der Waals surface area contributed by atoms with E-state index in [9.17, 15) is 9.90 Å². The Morgan fingerprint density at radius 3 is 2.59 bits per heavy atom. The maximum atomic E-state index is 12.3. The molecule has 1 N–H and O–H groups in total. The van der Waals surface area contributed by atoms with Crippen LogP contribution >= 0.6 is 0 Å². The quantitative estimate of drug-likeness (QED) is 0.676. The molecule has 0 radical (unpaired) electrons. The summed E-state index contributed by atoms with van der Waals surface area (Å²) in [6.45, 7) is 8.90. The highest BCUT2D eigenvalue weighted by atomic mass is 16.5. The number of ether oxygens (including phenoxy) is 1. The number of rotatable bonds is 3. The van der Waals surface area contributed by atoms with Crippen molar-refractivity contribution >= 4 is 5.97 Å². The zero-order valence-electron chi connectivity index (χ0n) is 17.9. The first-order chi connectivity index (χ1) is 12.8. The van der Waals surface area contributed by atoms with Gasteiger partial charge in [0, 0.05) is 0 Å². The van der Waals surface area contributed by atoms with E-state index >= 15 is 0 Å². The smallest absolute Gasteiger partial charge is 0.308 e. The van der Waals surface area contributed by atoms with Crippen LogP contribution in [0.2, 0.25) is 0 Å². The summed E-state index contributed by atoms with van der Waals surface area (Å²) in [7, 11) is 0. The van der Waals surface area contributed by atoms with Crippen LogP contribution in [0.15, 0.2) is 0 Å². The molecule has 0 amide bonds. The van der Waals surface area contributed by atoms with Crippen LogP contribution in [-0.2, 0) is 9.53 Å². The molecule has 0 saturated heterocycles. The average molecular weight is 377 g/mol. The van der Waals surface area contributed by atoms with Gasteiger partial charge < -0.3 is 9.84 Å². The number of aliphatic hydroxyl groups is 1. The van der Waals surface area contributed by atoms with Gasteiger partial charge in [0.05, 0.1) is 12.0 Å². The van der Waals surface area contributed by atoms with Gasteiger partial charge in [-0.1, -0.05) is 34.1 Å². The van der Waals surface area contributed by atoms with E-state index in [0.29, 0.717) is 17.3 Å². The first-order valence-corrected chi connectivity index (χ1v) is 11.7. The molecule has 3 heteroatoms. The summed E-state index contributed by atoms with van der Waals surface area (Å²) in [5.41, 5.74) is 0.500. The fourth-order valence-electron chi connectivity index (χ4n) is 7.72. The number of carbonyl (C=O) groups is 1. The van der Waals surface area contributed by atoms with Gasteiger partial charge in [0.15, 0.2) is 0 Å². The Kier molecular flexibility index (Phi) is 5.15. The molecule has 0 aromatic rings. The SMILES string of the molecule is CCC(C)C(=O)OC1CC[C@@]2(C)C(CCC3C4CCC[C@@]4(C)C(O)CC32)C1. The van der Waals surface area contributed by atoms with Crippen LogP contribution in [0.4, 0.5) is 0 Å². The fourth-order valence-corrected chi connectivity index (χ4v) is 7.72. The van der Waals surface area contributed by atoms with Crippen molar-refractivity contribution in [2.45, 2.75) is 104 Å². The highest BCUT2D eigenvalue weighted by molar-refractivity contribution is 5.72. The van der Waals surface area contributed by atoms with E-state index in [1.807, 2.05) is 6.92 Å². The topological polar surface area (TPSA) is 46.5 Å². The summed E-state index contributed by atoms with van der Waals surface area (Å²) in [5, 5.41) is 11.1. The summed E-state index contributed by atoms with van der Waals surface area (Å²) in [6.07, 6.45) is 11.5. The molecule has 27 heavy (non-hydrogen) atoms. The molecule has 154 valence electrons. The van der Waals surface area contributed by atoms with E-state index in [-0.39, 0.29) is 29.5 Å². The van der Waals surface area contributed by atoms with Crippen molar-refractivity contribution in [1.82, 2.24) is 0 Å². The first-order valence-electron chi connectivity index (χ1n) is 11.7. The lowest BCUT2D eigenvalue weighted by Crippen LogP contribution is -2.57. The van der Waals surface area contributed by atoms with Gasteiger partial charge in [-0.25, -0.2) is 0 Å². The predicted molar refractivity (Wildman–Crippen MR) is 107 cm³/mol. The molecule has 4 fully saturated rings. The summed E-state index contributed by atoms with van der Waals surface area (Å²) in [4.78, 5) is 12.3. The average Bonchev–Trinajstić information content (AvgIpc) is 3.05. The molecule has 4 saturated carbocycles. The molecule has 9 atom stereocenters. The Balaban J connectivity index is 1.48. The molecule has 0 aliphatic heterocycles. The van der Waals surface area contributed by atoms with Gasteiger partial charge >= 0.3 is 5.97 Å². The van der Waals surface area contributed by atoms with Gasteiger partial charge in [0.1, 0.15) is 6.10 Å². The van der Waals surface area contributed by atoms with Crippen molar-refractivity contribution in [2.24, 2.45) is 40.4 Å². The van der Waals surface area contributed by atoms with E-state index in [2.05, 4.69) is 20.8 Å². The van der Waals surface area contributed by atoms with Crippen molar-refractivity contribution in [3.05, 3.63) is 0 Å². The van der Waals surface area contributed by atoms with Gasteiger partial charge in [-0.05, 0) is 92.3 Å². The molecule has 3 nitrogen and oxygen atoms in total. The highest BCUT2D eigenvalue weighted by Gasteiger charge is 2.60. The highest BCUT2D eigenvalue weighted by Crippen LogP contribution is 2.66. The van der Waals surface area contributed by atoms with Crippen LogP contribution in [0.25, 0.3) is 0 Å². The van der Waals surface area contributed by atoms with Crippen LogP contribution in [0.3, 0.4) is 0 Å². The normalized spacial score (nSPS) is 50.3. The monoisotopic (exact) mass is 376 g/mol. The first kappa shape index (κ1) is 19.7. The second kappa shape index (κ2) is 7.04. The third-order valence-electron chi connectivity index (χ3n) is 9.83. The van der Waals surface area contributed by atoms with Crippen molar-refractivity contribution in [3.8, 4) is 0 Å². The molecule has 0 aromatic heterocycles. The third-order valence-corrected chi connectivity index (χ3v) is 9.83. The number of hydrogen-bond donors (Lipinski definition) is 1. The molecule has 0 heterocycles. The van der Waals surface area contributed by atoms with E-state index in [4.69, 9.17) is 4.74 Å². The number of esters is 1. The van der Waals surface area contributed by atoms with Crippen LogP contribution in [0.5, 0.6) is 0 Å². The third kappa shape index (κ3) is 3.07. The van der Waals surface area contributed by atoms with Crippen molar-refractivity contribution in [3.63, 3.8) is 0 Å². The van der Waals surface area contributed by atoms with Gasteiger partial charge in [-0.3, -0.25) is 4.79 Å². The standard InChI is InChI=1S/C24H40O3/c1-5-15(2)22(26)27-17-10-12-23(3)16(13-17)8-9-18-19-7-6-11-24(19,4)21(25)14-20(18)23/h15-21,25H,5-14H2,1-4H3/t15?,16?,17?,18?,19?,20?,21?,23-,24+/m0/s1. The van der Waals surface area contributed by atoms with Crippen LogP contribution in [0, 0.1) is 40.4 Å². The molecule has 4 aliphatic carbocycles. The number of hydrogen-bond acceptors (Lipinski definition) is 3. The summed E-state index contributed by atoms with van der Waals surface area (Å²) < 4.78 is 5.89. The van der Waals surface area contributed by atoms with Crippen molar-refractivity contribution in [2.75, 3.05) is 0 Å². The Labute approximate surface area is 165 Å². The van der Waals surface area contributed by atoms with Gasteiger partial charge in [-0.15, -0.1) is 0 Å². The molecule has 0 aromatic carbocycles. The molecule has 0 spiro atoms. The van der Waals surface area contributed by atoms with Crippen LogP contribution < -0.4 is 0 Å². The fraction of sp³-hybridized carbons (Fsp3) is 0.958. The molecule has 0 bridgehead atoms. The zero-order chi connectivity index (χ0) is 19.4. The largest absolute Gasteiger partial charge is 0.462 e. The lowest BCUT2D eigenvalue weighted by Gasteiger charge is -2.61. The Morgan fingerprint density at radius 1 is 1.07 bits per heavy atom. The minimum atomic E-state index is -0.122. The number of carbonyl (C=O) groups excluding carboxylic acids is 1. The maximum absolute atomic E-state index is 12.3. The molecule has 4 aliphatic rings. The Morgan fingerprint density at radius 2 is 1.85 bits per heavy atom. The van der Waals surface area contributed by atoms with E-state index in [1.54, 1.807) is 0 Å².